The number of aromatic nitrogens is 1. The van der Waals surface area contributed by atoms with Crippen molar-refractivity contribution >= 4 is 11.7 Å². The molecule has 0 saturated heterocycles. The molecule has 0 atom stereocenters. The van der Waals surface area contributed by atoms with Crippen molar-refractivity contribution in [2.24, 2.45) is 0 Å². The van der Waals surface area contributed by atoms with E-state index in [2.05, 4.69) is 16.2 Å². The lowest BCUT2D eigenvalue weighted by molar-refractivity contribution is 0.0958. The number of nitrogens with zero attached hydrogens (tertiary/aromatic N) is 2. The molecule has 0 spiro atoms. The predicted molar refractivity (Wildman–Crippen MR) is 88.6 cm³/mol. The quantitative estimate of drug-likeness (QED) is 0.863. The second-order valence-corrected chi connectivity index (χ2v) is 5.23. The molecule has 1 aromatic carbocycles. The Balaban J connectivity index is 2.05. The number of pyridine rings is 1. The maximum atomic E-state index is 13.6. The summed E-state index contributed by atoms with van der Waals surface area (Å²) in [6.07, 6.45) is 6.59. The van der Waals surface area contributed by atoms with Crippen LogP contribution < -0.4 is 10.2 Å². The van der Waals surface area contributed by atoms with Gasteiger partial charge < -0.3 is 10.2 Å². The van der Waals surface area contributed by atoms with E-state index in [0.29, 0.717) is 23.5 Å². The van der Waals surface area contributed by atoms with Crippen LogP contribution >= 0.6 is 0 Å². The van der Waals surface area contributed by atoms with Crippen molar-refractivity contribution in [1.82, 2.24) is 10.3 Å². The molecule has 0 radical (unpaired) electrons. The summed E-state index contributed by atoms with van der Waals surface area (Å²) in [6.45, 7) is 2.43. The third-order valence-electron chi connectivity index (χ3n) is 3.41. The SMILES string of the molecule is C#CCNC(=O)c1ccc(N(C)Cc2ccc(C)c(F)c2)nc1. The summed E-state index contributed by atoms with van der Waals surface area (Å²) in [7, 11) is 1.86. The predicted octanol–water partition coefficient (Wildman–Crippen LogP) is 2.53. The highest BCUT2D eigenvalue weighted by Crippen LogP contribution is 2.15. The fourth-order valence-corrected chi connectivity index (χ4v) is 2.07. The number of nitrogens with one attached hydrogen (secondary N) is 1. The molecule has 1 N–H and O–H groups in total. The molecule has 118 valence electrons. The maximum Gasteiger partial charge on any atom is 0.253 e. The van der Waals surface area contributed by atoms with Crippen LogP contribution in [-0.4, -0.2) is 24.5 Å². The van der Waals surface area contributed by atoms with Crippen LogP contribution in [0.4, 0.5) is 10.2 Å². The lowest BCUT2D eigenvalue weighted by atomic mass is 10.1. The molecule has 1 amide bonds. The van der Waals surface area contributed by atoms with E-state index < -0.39 is 0 Å². The highest BCUT2D eigenvalue weighted by molar-refractivity contribution is 5.94. The molecule has 5 heteroatoms. The lowest BCUT2D eigenvalue weighted by Crippen LogP contribution is -2.24. The second kappa shape index (κ2) is 7.41. The zero-order valence-corrected chi connectivity index (χ0v) is 13.1. The average molecular weight is 311 g/mol. The third kappa shape index (κ3) is 4.30. The van der Waals surface area contributed by atoms with E-state index in [1.165, 1.54) is 12.3 Å². The van der Waals surface area contributed by atoms with Gasteiger partial charge in [-0.05, 0) is 36.2 Å². The van der Waals surface area contributed by atoms with Gasteiger partial charge in [-0.3, -0.25) is 4.79 Å². The minimum absolute atomic E-state index is 0.180. The molecule has 0 fully saturated rings. The Kier molecular flexibility index (Phi) is 5.32. The zero-order valence-electron chi connectivity index (χ0n) is 13.1. The standard InChI is InChI=1S/C18H18FN3O/c1-4-9-20-18(23)15-7-8-17(21-11-15)22(3)12-14-6-5-13(2)16(19)10-14/h1,5-8,10-11H,9,12H2,2-3H3,(H,20,23). The number of aryl methyl sites for hydroxylation is 1. The van der Waals surface area contributed by atoms with Gasteiger partial charge in [0.15, 0.2) is 0 Å². The van der Waals surface area contributed by atoms with Gasteiger partial charge in [0.1, 0.15) is 11.6 Å². The lowest BCUT2D eigenvalue weighted by Gasteiger charge is -2.18. The van der Waals surface area contributed by atoms with Crippen molar-refractivity contribution in [2.75, 3.05) is 18.5 Å². The van der Waals surface area contributed by atoms with Crippen molar-refractivity contribution in [2.45, 2.75) is 13.5 Å². The van der Waals surface area contributed by atoms with Gasteiger partial charge >= 0.3 is 0 Å². The van der Waals surface area contributed by atoms with E-state index >= 15 is 0 Å². The van der Waals surface area contributed by atoms with Gasteiger partial charge in [0.05, 0.1) is 12.1 Å². The van der Waals surface area contributed by atoms with Gasteiger partial charge in [0, 0.05) is 19.8 Å². The number of benzene rings is 1. The Morgan fingerprint density at radius 3 is 2.78 bits per heavy atom. The first-order valence-corrected chi connectivity index (χ1v) is 7.15. The Morgan fingerprint density at radius 2 is 2.17 bits per heavy atom. The normalized spacial score (nSPS) is 10.0. The maximum absolute atomic E-state index is 13.6. The Morgan fingerprint density at radius 1 is 1.39 bits per heavy atom. The molecule has 0 unspecified atom stereocenters. The van der Waals surface area contributed by atoms with E-state index in [4.69, 9.17) is 6.42 Å². The molecule has 2 aromatic rings. The molecule has 23 heavy (non-hydrogen) atoms. The highest BCUT2D eigenvalue weighted by Gasteiger charge is 2.08. The number of halogens is 1. The molecule has 0 bridgehead atoms. The molecule has 0 aliphatic rings. The van der Waals surface area contributed by atoms with E-state index in [1.807, 2.05) is 18.0 Å². The van der Waals surface area contributed by atoms with Crippen LogP contribution in [-0.2, 0) is 6.54 Å². The molecule has 1 aromatic heterocycles. The van der Waals surface area contributed by atoms with E-state index in [1.54, 1.807) is 25.1 Å². The molecule has 2 rings (SSSR count). The zero-order chi connectivity index (χ0) is 16.8. The average Bonchev–Trinajstić information content (AvgIpc) is 2.56. The first-order chi connectivity index (χ1) is 11.0. The number of carbonyl (C=O) groups excluding carboxylic acids is 1. The van der Waals surface area contributed by atoms with Crippen LogP contribution in [0.1, 0.15) is 21.5 Å². The minimum Gasteiger partial charge on any atom is -0.355 e. The van der Waals surface area contributed by atoms with Crippen LogP contribution in [0.15, 0.2) is 36.5 Å². The van der Waals surface area contributed by atoms with Crippen LogP contribution in [0.25, 0.3) is 0 Å². The second-order valence-electron chi connectivity index (χ2n) is 5.23. The largest absolute Gasteiger partial charge is 0.355 e. The molecule has 4 nitrogen and oxygen atoms in total. The van der Waals surface area contributed by atoms with Crippen LogP contribution in [0.3, 0.4) is 0 Å². The number of hydrogen-bond donors (Lipinski definition) is 1. The Hall–Kier alpha value is -2.87. The highest BCUT2D eigenvalue weighted by atomic mass is 19.1. The molecular formula is C18H18FN3O. The summed E-state index contributed by atoms with van der Waals surface area (Å²) in [5, 5.41) is 2.58. The van der Waals surface area contributed by atoms with Gasteiger partial charge in [-0.1, -0.05) is 18.1 Å². The summed E-state index contributed by atoms with van der Waals surface area (Å²) < 4.78 is 13.6. The van der Waals surface area contributed by atoms with Crippen LogP contribution in [0.5, 0.6) is 0 Å². The fourth-order valence-electron chi connectivity index (χ4n) is 2.07. The van der Waals surface area contributed by atoms with E-state index in [0.717, 1.165) is 5.56 Å². The monoisotopic (exact) mass is 311 g/mol. The summed E-state index contributed by atoms with van der Waals surface area (Å²) in [4.78, 5) is 17.9. The van der Waals surface area contributed by atoms with Gasteiger partial charge in [0.2, 0.25) is 0 Å². The molecular weight excluding hydrogens is 293 g/mol. The first-order valence-electron chi connectivity index (χ1n) is 7.15. The Labute approximate surface area is 135 Å². The van der Waals surface area contributed by atoms with Crippen LogP contribution in [0.2, 0.25) is 0 Å². The van der Waals surface area contributed by atoms with Gasteiger partial charge in [-0.25, -0.2) is 9.37 Å². The van der Waals surface area contributed by atoms with Gasteiger partial charge in [0.25, 0.3) is 5.91 Å². The number of rotatable bonds is 5. The summed E-state index contributed by atoms with van der Waals surface area (Å²) in [5.41, 5.74) is 1.92. The topological polar surface area (TPSA) is 45.2 Å². The number of hydrogen-bond acceptors (Lipinski definition) is 3. The van der Waals surface area contributed by atoms with Gasteiger partial charge in [-0.2, -0.15) is 0 Å². The van der Waals surface area contributed by atoms with Gasteiger partial charge in [-0.15, -0.1) is 6.42 Å². The molecule has 0 saturated carbocycles. The summed E-state index contributed by atoms with van der Waals surface area (Å²) in [6, 6.07) is 8.59. The number of carbonyl (C=O) groups is 1. The van der Waals surface area contributed by atoms with Crippen molar-refractivity contribution in [3.63, 3.8) is 0 Å². The number of anilines is 1. The number of amides is 1. The number of terminal acetylenes is 1. The smallest absolute Gasteiger partial charge is 0.253 e. The molecule has 1 heterocycles. The van der Waals surface area contributed by atoms with Crippen LogP contribution in [0, 0.1) is 25.1 Å². The van der Waals surface area contributed by atoms with E-state index in [9.17, 15) is 9.18 Å². The molecule has 0 aliphatic carbocycles. The summed E-state index contributed by atoms with van der Waals surface area (Å²) >= 11 is 0. The van der Waals surface area contributed by atoms with Crippen molar-refractivity contribution in [3.8, 4) is 12.3 Å². The first kappa shape index (κ1) is 16.5. The summed E-state index contributed by atoms with van der Waals surface area (Å²) in [5.74, 6) is 2.56. The van der Waals surface area contributed by atoms with Crippen molar-refractivity contribution in [1.29, 1.82) is 0 Å². The fraction of sp³-hybridized carbons (Fsp3) is 0.222. The minimum atomic E-state index is -0.259. The Bertz CT molecular complexity index is 735. The van der Waals surface area contributed by atoms with E-state index in [-0.39, 0.29) is 18.3 Å². The van der Waals surface area contributed by atoms with Crippen molar-refractivity contribution < 1.29 is 9.18 Å². The third-order valence-corrected chi connectivity index (χ3v) is 3.41. The molecule has 0 aliphatic heterocycles. The van der Waals surface area contributed by atoms with Crippen molar-refractivity contribution in [3.05, 3.63) is 59.0 Å².